The van der Waals surface area contributed by atoms with Crippen molar-refractivity contribution in [3.63, 3.8) is 0 Å². The summed E-state index contributed by atoms with van der Waals surface area (Å²) in [6.45, 7) is 21.6. The van der Waals surface area contributed by atoms with E-state index in [9.17, 15) is 0 Å². The van der Waals surface area contributed by atoms with Gasteiger partial charge in [-0.3, -0.25) is 4.90 Å². The van der Waals surface area contributed by atoms with E-state index in [1.165, 1.54) is 43.9 Å². The number of hydrogen-bond donors (Lipinski definition) is 1. The van der Waals surface area contributed by atoms with E-state index in [-0.39, 0.29) is 5.54 Å². The van der Waals surface area contributed by atoms with E-state index in [1.807, 2.05) is 0 Å². The molecule has 1 saturated heterocycles. The normalized spacial score (nSPS) is 18.1. The zero-order valence-electron chi connectivity index (χ0n) is 16.7. The summed E-state index contributed by atoms with van der Waals surface area (Å²) < 4.78 is 0. The van der Waals surface area contributed by atoms with E-state index in [1.54, 1.807) is 0 Å². The third kappa shape index (κ3) is 7.33. The van der Waals surface area contributed by atoms with Crippen molar-refractivity contribution in [1.82, 2.24) is 15.1 Å². The number of benzene rings is 1. The Hall–Kier alpha value is -0.900. The number of rotatable bonds is 5. The quantitative estimate of drug-likeness (QED) is 0.887. The van der Waals surface area contributed by atoms with Crippen LogP contribution in [0.15, 0.2) is 24.3 Å². The SMILES string of the molecule is CC(C)(C)CN1CCN(Cc2ccc(CNC(C)(C)C)cc2)CC1. The van der Waals surface area contributed by atoms with E-state index in [0.717, 1.165) is 13.1 Å². The lowest BCUT2D eigenvalue weighted by Crippen LogP contribution is -2.48. The van der Waals surface area contributed by atoms with Crippen LogP contribution in [0, 0.1) is 5.41 Å². The van der Waals surface area contributed by atoms with E-state index >= 15 is 0 Å². The van der Waals surface area contributed by atoms with Crippen molar-refractivity contribution in [2.24, 2.45) is 5.41 Å². The monoisotopic (exact) mass is 331 g/mol. The molecule has 1 fully saturated rings. The topological polar surface area (TPSA) is 18.5 Å². The first-order valence-corrected chi connectivity index (χ1v) is 9.38. The van der Waals surface area contributed by atoms with Gasteiger partial charge in [-0.25, -0.2) is 0 Å². The van der Waals surface area contributed by atoms with Crippen LogP contribution in [0.25, 0.3) is 0 Å². The summed E-state index contributed by atoms with van der Waals surface area (Å²) in [4.78, 5) is 5.19. The third-order valence-electron chi connectivity index (χ3n) is 4.41. The number of nitrogens with zero attached hydrogens (tertiary/aromatic N) is 2. The molecule has 3 nitrogen and oxygen atoms in total. The van der Waals surface area contributed by atoms with Crippen LogP contribution in [0.2, 0.25) is 0 Å². The molecule has 2 rings (SSSR count). The molecule has 0 aromatic heterocycles. The van der Waals surface area contributed by atoms with Crippen molar-refractivity contribution < 1.29 is 0 Å². The molecular weight excluding hydrogens is 294 g/mol. The number of nitrogens with one attached hydrogen (secondary N) is 1. The molecule has 1 aromatic carbocycles. The lowest BCUT2D eigenvalue weighted by molar-refractivity contribution is 0.0983. The van der Waals surface area contributed by atoms with Gasteiger partial charge in [-0.15, -0.1) is 0 Å². The number of hydrogen-bond acceptors (Lipinski definition) is 3. The fraction of sp³-hybridized carbons (Fsp3) is 0.714. The molecule has 0 spiro atoms. The second-order valence-corrected chi connectivity index (χ2v) is 9.53. The fourth-order valence-electron chi connectivity index (χ4n) is 3.16. The van der Waals surface area contributed by atoms with Crippen LogP contribution in [0.4, 0.5) is 0 Å². The lowest BCUT2D eigenvalue weighted by atomic mass is 9.96. The average Bonchev–Trinajstić information content (AvgIpc) is 2.46. The van der Waals surface area contributed by atoms with Gasteiger partial charge in [0.15, 0.2) is 0 Å². The second kappa shape index (κ2) is 7.99. The molecule has 1 aromatic rings. The van der Waals surface area contributed by atoms with Crippen LogP contribution < -0.4 is 5.32 Å². The molecule has 0 bridgehead atoms. The highest BCUT2D eigenvalue weighted by molar-refractivity contribution is 5.22. The maximum absolute atomic E-state index is 3.55. The fourth-order valence-corrected chi connectivity index (χ4v) is 3.16. The molecule has 0 unspecified atom stereocenters. The highest BCUT2D eigenvalue weighted by Gasteiger charge is 2.21. The molecule has 24 heavy (non-hydrogen) atoms. The van der Waals surface area contributed by atoms with Crippen LogP contribution in [0.3, 0.4) is 0 Å². The molecule has 3 heteroatoms. The average molecular weight is 332 g/mol. The van der Waals surface area contributed by atoms with Gasteiger partial charge in [-0.2, -0.15) is 0 Å². The lowest BCUT2D eigenvalue weighted by Gasteiger charge is -2.37. The molecule has 1 aliphatic rings. The maximum atomic E-state index is 3.55. The van der Waals surface area contributed by atoms with Crippen molar-refractivity contribution in [3.05, 3.63) is 35.4 Å². The van der Waals surface area contributed by atoms with Crippen molar-refractivity contribution >= 4 is 0 Å². The van der Waals surface area contributed by atoms with Crippen molar-refractivity contribution in [1.29, 1.82) is 0 Å². The van der Waals surface area contributed by atoms with Gasteiger partial charge in [0, 0.05) is 51.4 Å². The zero-order chi connectivity index (χ0) is 17.8. The molecule has 136 valence electrons. The maximum Gasteiger partial charge on any atom is 0.0234 e. The Morgan fingerprint density at radius 2 is 1.29 bits per heavy atom. The van der Waals surface area contributed by atoms with Gasteiger partial charge in [-0.05, 0) is 37.3 Å². The van der Waals surface area contributed by atoms with Crippen molar-refractivity contribution in [2.75, 3.05) is 32.7 Å². The highest BCUT2D eigenvalue weighted by Crippen LogP contribution is 2.17. The molecule has 0 radical (unpaired) electrons. The molecule has 1 aliphatic heterocycles. The van der Waals surface area contributed by atoms with Crippen LogP contribution in [0.1, 0.15) is 52.7 Å². The van der Waals surface area contributed by atoms with Gasteiger partial charge in [0.2, 0.25) is 0 Å². The summed E-state index contributed by atoms with van der Waals surface area (Å²) >= 11 is 0. The standard InChI is InChI=1S/C21H37N3/c1-20(2,3)17-24-13-11-23(12-14-24)16-19-9-7-18(8-10-19)15-22-21(4,5)6/h7-10,22H,11-17H2,1-6H3. The van der Waals surface area contributed by atoms with Crippen LogP contribution in [0.5, 0.6) is 0 Å². The minimum Gasteiger partial charge on any atom is -0.308 e. The summed E-state index contributed by atoms with van der Waals surface area (Å²) in [6.07, 6.45) is 0. The summed E-state index contributed by atoms with van der Waals surface area (Å²) in [5.41, 5.74) is 3.37. The van der Waals surface area contributed by atoms with E-state index in [0.29, 0.717) is 5.41 Å². The van der Waals surface area contributed by atoms with Gasteiger partial charge >= 0.3 is 0 Å². The predicted octanol–water partition coefficient (Wildman–Crippen LogP) is 3.74. The Morgan fingerprint density at radius 3 is 1.79 bits per heavy atom. The Balaban J connectivity index is 1.77. The minimum absolute atomic E-state index is 0.172. The Morgan fingerprint density at radius 1 is 0.792 bits per heavy atom. The summed E-state index contributed by atoms with van der Waals surface area (Å²) in [5, 5.41) is 3.55. The van der Waals surface area contributed by atoms with Gasteiger partial charge in [0.1, 0.15) is 0 Å². The first-order chi connectivity index (χ1) is 11.1. The first-order valence-electron chi connectivity index (χ1n) is 9.38. The molecule has 0 amide bonds. The smallest absolute Gasteiger partial charge is 0.0234 e. The molecule has 1 heterocycles. The molecule has 1 N–H and O–H groups in total. The number of piperazine rings is 1. The summed E-state index contributed by atoms with van der Waals surface area (Å²) in [5.74, 6) is 0. The summed E-state index contributed by atoms with van der Waals surface area (Å²) in [6, 6.07) is 9.12. The molecule has 0 atom stereocenters. The summed E-state index contributed by atoms with van der Waals surface area (Å²) in [7, 11) is 0. The minimum atomic E-state index is 0.172. The van der Waals surface area contributed by atoms with E-state index < -0.39 is 0 Å². The van der Waals surface area contributed by atoms with Crippen molar-refractivity contribution in [3.8, 4) is 0 Å². The molecule has 0 saturated carbocycles. The Kier molecular flexibility index (Phi) is 6.46. The van der Waals surface area contributed by atoms with E-state index in [2.05, 4.69) is 80.9 Å². The predicted molar refractivity (Wildman–Crippen MR) is 104 cm³/mol. The molecular formula is C21H37N3. The largest absolute Gasteiger partial charge is 0.308 e. The van der Waals surface area contributed by atoms with Gasteiger partial charge < -0.3 is 10.2 Å². The highest BCUT2D eigenvalue weighted by atomic mass is 15.3. The third-order valence-corrected chi connectivity index (χ3v) is 4.41. The zero-order valence-corrected chi connectivity index (χ0v) is 16.7. The van der Waals surface area contributed by atoms with Crippen LogP contribution >= 0.6 is 0 Å². The van der Waals surface area contributed by atoms with Crippen LogP contribution in [-0.4, -0.2) is 48.1 Å². The Bertz CT molecular complexity index is 485. The van der Waals surface area contributed by atoms with Gasteiger partial charge in [0.05, 0.1) is 0 Å². The first kappa shape index (κ1) is 19.4. The van der Waals surface area contributed by atoms with E-state index in [4.69, 9.17) is 0 Å². The van der Waals surface area contributed by atoms with Crippen molar-refractivity contribution in [2.45, 2.75) is 60.2 Å². The second-order valence-electron chi connectivity index (χ2n) is 9.53. The van der Waals surface area contributed by atoms with Gasteiger partial charge in [-0.1, -0.05) is 45.0 Å². The Labute approximate surface area is 149 Å². The van der Waals surface area contributed by atoms with Crippen LogP contribution in [-0.2, 0) is 13.1 Å². The van der Waals surface area contributed by atoms with Gasteiger partial charge in [0.25, 0.3) is 0 Å². The molecule has 0 aliphatic carbocycles.